The van der Waals surface area contributed by atoms with Gasteiger partial charge in [0.15, 0.2) is 0 Å². The van der Waals surface area contributed by atoms with Gasteiger partial charge in [-0.05, 0) is 68.3 Å². The summed E-state index contributed by atoms with van der Waals surface area (Å²) in [6.07, 6.45) is 0. The van der Waals surface area contributed by atoms with Crippen LogP contribution in [0, 0.1) is 20.8 Å². The van der Waals surface area contributed by atoms with Gasteiger partial charge in [-0.15, -0.1) is 0 Å². The van der Waals surface area contributed by atoms with Crippen molar-refractivity contribution >= 4 is 27.5 Å². The minimum Gasteiger partial charge on any atom is -0.497 e. The van der Waals surface area contributed by atoms with Crippen LogP contribution in [0.3, 0.4) is 0 Å². The van der Waals surface area contributed by atoms with Gasteiger partial charge in [0.1, 0.15) is 11.6 Å². The van der Waals surface area contributed by atoms with Crippen molar-refractivity contribution in [1.82, 2.24) is 14.7 Å². The predicted molar refractivity (Wildman–Crippen MR) is 123 cm³/mol. The van der Waals surface area contributed by atoms with Crippen molar-refractivity contribution in [2.24, 2.45) is 0 Å². The lowest BCUT2D eigenvalue weighted by atomic mass is 10.1. The van der Waals surface area contributed by atoms with Gasteiger partial charge in [-0.3, -0.25) is 0 Å². The molecule has 0 aliphatic heterocycles. The van der Waals surface area contributed by atoms with E-state index in [2.05, 4.69) is 25.3 Å². The molecule has 0 bridgehead atoms. The Morgan fingerprint density at radius 1 is 0.903 bits per heavy atom. The number of ether oxygens (including phenoxy) is 1. The Morgan fingerprint density at radius 3 is 2.32 bits per heavy atom. The van der Waals surface area contributed by atoms with Crippen LogP contribution in [-0.4, -0.2) is 38.6 Å². The highest BCUT2D eigenvalue weighted by molar-refractivity contribution is 7.89. The molecule has 0 spiro atoms. The Hall–Kier alpha value is -3.17. The molecule has 0 atom stereocenters. The number of nitrogens with zero attached hydrogens (tertiary/aromatic N) is 2. The standard InChI is InChI=1S/C22H27N5O3S/c1-15-5-10-20(13-16(15)2)31(28,29)24-12-11-23-22-25-17(3)14-21(27-22)26-18-6-8-19(30-4)9-7-18/h5-10,13-14,24H,11-12H2,1-4H3,(H2,23,25,26,27). The van der Waals surface area contributed by atoms with Gasteiger partial charge in [0, 0.05) is 30.5 Å². The largest absolute Gasteiger partial charge is 0.497 e. The Balaban J connectivity index is 1.58. The second-order valence-electron chi connectivity index (χ2n) is 7.14. The number of hydrogen-bond donors (Lipinski definition) is 3. The van der Waals surface area contributed by atoms with E-state index in [1.165, 1.54) is 0 Å². The Bertz CT molecular complexity index is 1150. The molecular formula is C22H27N5O3S. The molecule has 0 aliphatic rings. The Labute approximate surface area is 183 Å². The molecule has 0 saturated heterocycles. The quantitative estimate of drug-likeness (QED) is 0.436. The molecule has 31 heavy (non-hydrogen) atoms. The smallest absolute Gasteiger partial charge is 0.240 e. The SMILES string of the molecule is COc1ccc(Nc2cc(C)nc(NCCNS(=O)(=O)c3ccc(C)c(C)c3)n2)cc1. The molecule has 0 saturated carbocycles. The van der Waals surface area contributed by atoms with E-state index in [4.69, 9.17) is 4.74 Å². The molecule has 2 aromatic carbocycles. The average Bonchev–Trinajstić information content (AvgIpc) is 2.73. The monoisotopic (exact) mass is 441 g/mol. The zero-order chi connectivity index (χ0) is 22.4. The summed E-state index contributed by atoms with van der Waals surface area (Å²) in [5.74, 6) is 1.83. The van der Waals surface area contributed by atoms with Crippen LogP contribution in [0.4, 0.5) is 17.5 Å². The Morgan fingerprint density at radius 2 is 1.65 bits per heavy atom. The van der Waals surface area contributed by atoms with Gasteiger partial charge in [0.2, 0.25) is 16.0 Å². The fourth-order valence-corrected chi connectivity index (χ4v) is 3.97. The fourth-order valence-electron chi connectivity index (χ4n) is 2.86. The highest BCUT2D eigenvalue weighted by Crippen LogP contribution is 2.20. The minimum atomic E-state index is -3.57. The molecule has 3 aromatic rings. The molecule has 0 fully saturated rings. The molecule has 1 aromatic heterocycles. The van der Waals surface area contributed by atoms with Crippen molar-refractivity contribution in [3.63, 3.8) is 0 Å². The van der Waals surface area contributed by atoms with Crippen LogP contribution < -0.4 is 20.1 Å². The lowest BCUT2D eigenvalue weighted by Crippen LogP contribution is -2.29. The van der Waals surface area contributed by atoms with Crippen molar-refractivity contribution < 1.29 is 13.2 Å². The fraction of sp³-hybridized carbons (Fsp3) is 0.273. The van der Waals surface area contributed by atoms with Crippen LogP contribution >= 0.6 is 0 Å². The van der Waals surface area contributed by atoms with E-state index in [0.29, 0.717) is 18.3 Å². The molecule has 8 nitrogen and oxygen atoms in total. The maximum atomic E-state index is 12.5. The summed E-state index contributed by atoms with van der Waals surface area (Å²) in [4.78, 5) is 9.06. The molecule has 9 heteroatoms. The maximum Gasteiger partial charge on any atom is 0.240 e. The molecule has 1 heterocycles. The van der Waals surface area contributed by atoms with Crippen molar-refractivity contribution in [2.45, 2.75) is 25.7 Å². The first kappa shape index (κ1) is 22.5. The molecule has 0 radical (unpaired) electrons. The lowest BCUT2D eigenvalue weighted by Gasteiger charge is -2.11. The predicted octanol–water partition coefficient (Wildman–Crippen LogP) is 3.54. The van der Waals surface area contributed by atoms with E-state index in [1.54, 1.807) is 25.3 Å². The number of rotatable bonds is 9. The number of sulfonamides is 1. The molecule has 164 valence electrons. The third kappa shape index (κ3) is 6.16. The first-order chi connectivity index (χ1) is 14.8. The van der Waals surface area contributed by atoms with Crippen molar-refractivity contribution in [2.75, 3.05) is 30.8 Å². The van der Waals surface area contributed by atoms with Crippen LogP contribution in [0.5, 0.6) is 5.75 Å². The van der Waals surface area contributed by atoms with E-state index in [-0.39, 0.29) is 11.4 Å². The third-order valence-electron chi connectivity index (χ3n) is 4.71. The number of hydrogen-bond acceptors (Lipinski definition) is 7. The molecule has 0 amide bonds. The summed E-state index contributed by atoms with van der Waals surface area (Å²) in [7, 11) is -1.95. The van der Waals surface area contributed by atoms with Gasteiger partial charge in [-0.2, -0.15) is 4.98 Å². The average molecular weight is 442 g/mol. The molecule has 3 rings (SSSR count). The maximum absolute atomic E-state index is 12.5. The minimum absolute atomic E-state index is 0.202. The summed E-state index contributed by atoms with van der Waals surface area (Å²) in [5.41, 5.74) is 3.64. The van der Waals surface area contributed by atoms with Gasteiger partial charge in [0.05, 0.1) is 12.0 Å². The second-order valence-corrected chi connectivity index (χ2v) is 8.91. The lowest BCUT2D eigenvalue weighted by molar-refractivity contribution is 0.415. The van der Waals surface area contributed by atoms with Gasteiger partial charge in [-0.25, -0.2) is 18.1 Å². The summed E-state index contributed by atoms with van der Waals surface area (Å²) < 4.78 is 32.7. The van der Waals surface area contributed by atoms with Crippen LogP contribution in [0.25, 0.3) is 0 Å². The number of aryl methyl sites for hydroxylation is 3. The topological polar surface area (TPSA) is 105 Å². The number of aromatic nitrogens is 2. The highest BCUT2D eigenvalue weighted by Gasteiger charge is 2.14. The zero-order valence-corrected chi connectivity index (χ0v) is 18.9. The highest BCUT2D eigenvalue weighted by atomic mass is 32.2. The van der Waals surface area contributed by atoms with E-state index < -0.39 is 10.0 Å². The zero-order valence-electron chi connectivity index (χ0n) is 18.1. The number of nitrogens with one attached hydrogen (secondary N) is 3. The van der Waals surface area contributed by atoms with E-state index in [0.717, 1.165) is 28.3 Å². The van der Waals surface area contributed by atoms with Crippen molar-refractivity contribution in [3.05, 3.63) is 65.4 Å². The van der Waals surface area contributed by atoms with Crippen LogP contribution in [0.2, 0.25) is 0 Å². The van der Waals surface area contributed by atoms with Crippen LogP contribution in [0.15, 0.2) is 53.4 Å². The second kappa shape index (κ2) is 9.76. The molecule has 0 aliphatic carbocycles. The van der Waals surface area contributed by atoms with Gasteiger partial charge in [0.25, 0.3) is 0 Å². The van der Waals surface area contributed by atoms with E-state index >= 15 is 0 Å². The summed E-state index contributed by atoms with van der Waals surface area (Å²) >= 11 is 0. The van der Waals surface area contributed by atoms with Crippen LogP contribution in [0.1, 0.15) is 16.8 Å². The first-order valence-corrected chi connectivity index (χ1v) is 11.3. The third-order valence-corrected chi connectivity index (χ3v) is 6.16. The summed E-state index contributed by atoms with van der Waals surface area (Å²) in [5, 5.41) is 6.29. The molecule has 3 N–H and O–H groups in total. The normalized spacial score (nSPS) is 11.2. The van der Waals surface area contributed by atoms with Gasteiger partial charge < -0.3 is 15.4 Å². The Kier molecular flexibility index (Phi) is 7.09. The van der Waals surface area contributed by atoms with Crippen LogP contribution in [-0.2, 0) is 10.0 Å². The van der Waals surface area contributed by atoms with Crippen molar-refractivity contribution in [1.29, 1.82) is 0 Å². The summed E-state index contributed by atoms with van der Waals surface area (Å²) in [6.45, 7) is 6.25. The molecule has 0 unspecified atom stereocenters. The summed E-state index contributed by atoms with van der Waals surface area (Å²) in [6, 6.07) is 14.4. The number of benzene rings is 2. The number of methoxy groups -OCH3 is 1. The molecular weight excluding hydrogens is 414 g/mol. The van der Waals surface area contributed by atoms with E-state index in [9.17, 15) is 8.42 Å². The number of anilines is 3. The van der Waals surface area contributed by atoms with Gasteiger partial charge in [-0.1, -0.05) is 6.07 Å². The van der Waals surface area contributed by atoms with Gasteiger partial charge >= 0.3 is 0 Å². The van der Waals surface area contributed by atoms with Crippen molar-refractivity contribution in [3.8, 4) is 5.75 Å². The van der Waals surface area contributed by atoms with E-state index in [1.807, 2.05) is 51.1 Å². The first-order valence-electron chi connectivity index (χ1n) is 9.84.